The molecule has 2 fully saturated rings. The van der Waals surface area contributed by atoms with Crippen molar-refractivity contribution in [2.75, 3.05) is 24.6 Å². The zero-order chi connectivity index (χ0) is 15.7. The Balaban J connectivity index is 1.71. The van der Waals surface area contributed by atoms with Crippen LogP contribution in [0.15, 0.2) is 12.1 Å². The van der Waals surface area contributed by atoms with Gasteiger partial charge in [-0.05, 0) is 31.9 Å². The van der Waals surface area contributed by atoms with Crippen molar-refractivity contribution in [3.8, 4) is 6.07 Å². The lowest BCUT2D eigenvalue weighted by Gasteiger charge is -2.56. The molecular weight excluding hydrogens is 302 g/mol. The van der Waals surface area contributed by atoms with E-state index in [1.807, 2.05) is 19.1 Å². The number of rotatable bonds is 3. The zero-order valence-electron chi connectivity index (χ0n) is 12.6. The third kappa shape index (κ3) is 2.45. The number of pyridine rings is 1. The molecule has 3 rings (SSSR count). The quantitative estimate of drug-likeness (QED) is 0.925. The molecule has 2 atom stereocenters. The van der Waals surface area contributed by atoms with Gasteiger partial charge >= 0.3 is 0 Å². The molecule has 6 heteroatoms. The van der Waals surface area contributed by atoms with E-state index in [9.17, 15) is 5.11 Å². The SMILES string of the molecule is CCO[C@H]1C[C@@H](O)C12CCN(c1ccc(Cl)c(C#N)n1)CC2. The Kier molecular flexibility index (Phi) is 4.26. The molecule has 5 nitrogen and oxygen atoms in total. The molecule has 0 bridgehead atoms. The van der Waals surface area contributed by atoms with E-state index in [2.05, 4.69) is 9.88 Å². The Hall–Kier alpha value is -1.35. The van der Waals surface area contributed by atoms with Crippen LogP contribution >= 0.6 is 11.6 Å². The first-order valence-corrected chi connectivity index (χ1v) is 8.10. The standard InChI is InChI=1S/C16H20ClN3O2/c1-2-22-14-9-13(21)16(14)5-7-20(8-6-16)15-4-3-11(17)12(10-18)19-15/h3-4,13-14,21H,2,5-9H2,1H3/t13-,14+/m1/s1. The first kappa shape index (κ1) is 15.5. The van der Waals surface area contributed by atoms with Crippen LogP contribution in [0.1, 0.15) is 31.9 Å². The van der Waals surface area contributed by atoms with Crippen LogP contribution in [-0.2, 0) is 4.74 Å². The Bertz CT molecular complexity index is 592. The molecule has 0 unspecified atom stereocenters. The van der Waals surface area contributed by atoms with Gasteiger partial charge in [0.05, 0.1) is 17.2 Å². The number of nitrogens with zero attached hydrogens (tertiary/aromatic N) is 3. The van der Waals surface area contributed by atoms with Gasteiger partial charge in [0.15, 0.2) is 5.69 Å². The summed E-state index contributed by atoms with van der Waals surface area (Å²) in [5, 5.41) is 19.6. The van der Waals surface area contributed by atoms with Gasteiger partial charge in [0.2, 0.25) is 0 Å². The van der Waals surface area contributed by atoms with Crippen LogP contribution in [0.4, 0.5) is 5.82 Å². The maximum atomic E-state index is 10.2. The van der Waals surface area contributed by atoms with E-state index in [-0.39, 0.29) is 23.3 Å². The third-order valence-electron chi connectivity index (χ3n) is 5.07. The fraction of sp³-hybridized carbons (Fsp3) is 0.625. The molecule has 1 saturated heterocycles. The molecule has 0 radical (unpaired) electrons. The molecule has 1 aliphatic heterocycles. The van der Waals surface area contributed by atoms with Crippen LogP contribution < -0.4 is 4.90 Å². The van der Waals surface area contributed by atoms with Crippen molar-refractivity contribution in [2.45, 2.75) is 38.4 Å². The molecule has 118 valence electrons. The van der Waals surface area contributed by atoms with Crippen LogP contribution in [0.2, 0.25) is 5.02 Å². The summed E-state index contributed by atoms with van der Waals surface area (Å²) < 4.78 is 5.78. The molecule has 1 aliphatic carbocycles. The molecule has 1 N–H and O–H groups in total. The highest BCUT2D eigenvalue weighted by molar-refractivity contribution is 6.31. The lowest BCUT2D eigenvalue weighted by molar-refractivity contribution is -0.199. The number of aliphatic hydroxyl groups is 1. The Morgan fingerprint density at radius 1 is 1.50 bits per heavy atom. The van der Waals surface area contributed by atoms with Crippen molar-refractivity contribution in [2.24, 2.45) is 5.41 Å². The predicted molar refractivity (Wildman–Crippen MR) is 83.9 cm³/mol. The lowest BCUT2D eigenvalue weighted by atomic mass is 9.58. The van der Waals surface area contributed by atoms with E-state index < -0.39 is 0 Å². The van der Waals surface area contributed by atoms with Gasteiger partial charge in [0, 0.05) is 31.5 Å². The molecule has 2 heterocycles. The minimum absolute atomic E-state index is 0.100. The minimum Gasteiger partial charge on any atom is -0.392 e. The Morgan fingerprint density at radius 2 is 2.23 bits per heavy atom. The van der Waals surface area contributed by atoms with E-state index in [0.717, 1.165) is 38.2 Å². The van der Waals surface area contributed by atoms with E-state index in [0.29, 0.717) is 11.6 Å². The van der Waals surface area contributed by atoms with Crippen LogP contribution in [0, 0.1) is 16.7 Å². The number of ether oxygens (including phenoxy) is 1. The smallest absolute Gasteiger partial charge is 0.161 e. The summed E-state index contributed by atoms with van der Waals surface area (Å²) >= 11 is 5.93. The van der Waals surface area contributed by atoms with Crippen molar-refractivity contribution < 1.29 is 9.84 Å². The molecule has 22 heavy (non-hydrogen) atoms. The third-order valence-corrected chi connectivity index (χ3v) is 5.37. The van der Waals surface area contributed by atoms with Crippen molar-refractivity contribution in [3.63, 3.8) is 0 Å². The molecule has 1 aromatic rings. The van der Waals surface area contributed by atoms with Gasteiger partial charge in [-0.1, -0.05) is 11.6 Å². The summed E-state index contributed by atoms with van der Waals surface area (Å²) in [4.78, 5) is 6.47. The fourth-order valence-corrected chi connectivity index (χ4v) is 3.80. The molecule has 0 amide bonds. The average Bonchev–Trinajstić information content (AvgIpc) is 2.55. The second kappa shape index (κ2) is 6.04. The average molecular weight is 322 g/mol. The van der Waals surface area contributed by atoms with Gasteiger partial charge in [-0.3, -0.25) is 0 Å². The minimum atomic E-state index is -0.265. The van der Waals surface area contributed by atoms with Gasteiger partial charge in [0.25, 0.3) is 0 Å². The molecule has 1 saturated carbocycles. The number of anilines is 1. The van der Waals surface area contributed by atoms with Crippen molar-refractivity contribution in [1.82, 2.24) is 4.98 Å². The summed E-state index contributed by atoms with van der Waals surface area (Å²) in [5.41, 5.74) is 0.159. The monoisotopic (exact) mass is 321 g/mol. The number of nitriles is 1. The topological polar surface area (TPSA) is 69.4 Å². The van der Waals surface area contributed by atoms with Crippen LogP contribution in [0.3, 0.4) is 0 Å². The highest BCUT2D eigenvalue weighted by Crippen LogP contribution is 2.51. The highest BCUT2D eigenvalue weighted by atomic mass is 35.5. The van der Waals surface area contributed by atoms with E-state index >= 15 is 0 Å². The Morgan fingerprint density at radius 3 is 2.82 bits per heavy atom. The van der Waals surface area contributed by atoms with Crippen molar-refractivity contribution >= 4 is 17.4 Å². The maximum absolute atomic E-state index is 10.2. The Labute approximate surface area is 135 Å². The molecule has 0 aromatic carbocycles. The number of piperidine rings is 1. The highest BCUT2D eigenvalue weighted by Gasteiger charge is 2.56. The first-order valence-electron chi connectivity index (χ1n) is 7.72. The molecular formula is C16H20ClN3O2. The zero-order valence-corrected chi connectivity index (χ0v) is 13.4. The summed E-state index contributed by atoms with van der Waals surface area (Å²) in [6.45, 7) is 4.29. The number of aromatic nitrogens is 1. The second-order valence-corrected chi connectivity index (χ2v) is 6.43. The summed E-state index contributed by atoms with van der Waals surface area (Å²) in [6, 6.07) is 5.58. The van der Waals surface area contributed by atoms with Crippen molar-refractivity contribution in [3.05, 3.63) is 22.8 Å². The van der Waals surface area contributed by atoms with E-state index in [4.69, 9.17) is 21.6 Å². The van der Waals surface area contributed by atoms with Crippen LogP contribution in [0.25, 0.3) is 0 Å². The fourth-order valence-electron chi connectivity index (χ4n) is 3.66. The van der Waals surface area contributed by atoms with Gasteiger partial charge in [-0.2, -0.15) is 5.26 Å². The van der Waals surface area contributed by atoms with Crippen LogP contribution in [-0.4, -0.2) is 42.0 Å². The number of hydrogen-bond donors (Lipinski definition) is 1. The second-order valence-electron chi connectivity index (χ2n) is 6.03. The summed E-state index contributed by atoms with van der Waals surface area (Å²) in [6.07, 6.45) is 2.41. The molecule has 1 aromatic heterocycles. The van der Waals surface area contributed by atoms with E-state index in [1.165, 1.54) is 0 Å². The largest absolute Gasteiger partial charge is 0.392 e. The molecule has 1 spiro atoms. The van der Waals surface area contributed by atoms with Gasteiger partial charge in [-0.15, -0.1) is 0 Å². The summed E-state index contributed by atoms with van der Waals surface area (Å²) in [5.74, 6) is 0.776. The number of halogens is 1. The maximum Gasteiger partial charge on any atom is 0.161 e. The number of hydrogen-bond acceptors (Lipinski definition) is 5. The summed E-state index contributed by atoms with van der Waals surface area (Å²) in [7, 11) is 0. The van der Waals surface area contributed by atoms with Crippen LogP contribution in [0.5, 0.6) is 0 Å². The van der Waals surface area contributed by atoms with Gasteiger partial charge in [0.1, 0.15) is 11.9 Å². The van der Waals surface area contributed by atoms with Gasteiger partial charge < -0.3 is 14.7 Å². The van der Waals surface area contributed by atoms with Crippen molar-refractivity contribution in [1.29, 1.82) is 5.26 Å². The predicted octanol–water partition coefficient (Wildman–Crippen LogP) is 2.36. The van der Waals surface area contributed by atoms with Gasteiger partial charge in [-0.25, -0.2) is 4.98 Å². The lowest BCUT2D eigenvalue weighted by Crippen LogP contribution is -2.62. The van der Waals surface area contributed by atoms with E-state index in [1.54, 1.807) is 6.07 Å². The first-order chi connectivity index (χ1) is 10.6. The number of aliphatic hydroxyl groups excluding tert-OH is 1. The normalized spacial score (nSPS) is 26.5. The molecule has 2 aliphatic rings.